The molecule has 186 valence electrons. The number of aryl methyl sites for hydroxylation is 1. The minimum atomic E-state index is -3.70. The maximum absolute atomic E-state index is 12.8. The fourth-order valence-corrected chi connectivity index (χ4v) is 5.61. The SMILES string of the molecule is Cn1cnc(S(=O)(=O)N2CCC(Oc3ncnc(Nc4ccc(S(C)(=O)=O)cc4)c3N=O)CC2)c1. The fraction of sp³-hybridized carbons (Fsp3) is 0.350. The number of hydrogen-bond donors (Lipinski definition) is 1. The average molecular weight is 522 g/mol. The lowest BCUT2D eigenvalue weighted by Gasteiger charge is -2.30. The lowest BCUT2D eigenvalue weighted by Crippen LogP contribution is -2.41. The van der Waals surface area contributed by atoms with Crippen molar-refractivity contribution < 1.29 is 21.6 Å². The molecule has 1 fully saturated rings. The first kappa shape index (κ1) is 24.7. The molecule has 3 aromatic rings. The van der Waals surface area contributed by atoms with Gasteiger partial charge < -0.3 is 14.6 Å². The lowest BCUT2D eigenvalue weighted by atomic mass is 10.1. The molecule has 1 aliphatic heterocycles. The minimum Gasteiger partial charge on any atom is -0.472 e. The second-order valence-electron chi connectivity index (χ2n) is 7.99. The highest BCUT2D eigenvalue weighted by Crippen LogP contribution is 2.35. The van der Waals surface area contributed by atoms with Crippen LogP contribution in [0.15, 0.2) is 58.2 Å². The van der Waals surface area contributed by atoms with Crippen LogP contribution in [-0.4, -0.2) is 66.1 Å². The normalized spacial score (nSPS) is 15.6. The number of imidazole rings is 1. The van der Waals surface area contributed by atoms with Crippen molar-refractivity contribution in [1.82, 2.24) is 23.8 Å². The Bertz CT molecular complexity index is 1430. The van der Waals surface area contributed by atoms with Gasteiger partial charge in [0, 0.05) is 38.3 Å². The zero-order valence-electron chi connectivity index (χ0n) is 18.9. The highest BCUT2D eigenvalue weighted by molar-refractivity contribution is 7.90. The smallest absolute Gasteiger partial charge is 0.262 e. The monoisotopic (exact) mass is 521 g/mol. The van der Waals surface area contributed by atoms with E-state index in [-0.39, 0.29) is 46.5 Å². The molecule has 1 saturated heterocycles. The van der Waals surface area contributed by atoms with Crippen molar-refractivity contribution in [2.75, 3.05) is 24.7 Å². The van der Waals surface area contributed by atoms with Crippen molar-refractivity contribution in [3.63, 3.8) is 0 Å². The summed E-state index contributed by atoms with van der Waals surface area (Å²) in [4.78, 5) is 23.7. The van der Waals surface area contributed by atoms with E-state index in [1.807, 2.05) is 0 Å². The van der Waals surface area contributed by atoms with Gasteiger partial charge >= 0.3 is 0 Å². The Kier molecular flexibility index (Phi) is 6.82. The third-order valence-corrected chi connectivity index (χ3v) is 8.30. The zero-order chi connectivity index (χ0) is 25.2. The molecule has 2 aromatic heterocycles. The summed E-state index contributed by atoms with van der Waals surface area (Å²) < 4.78 is 57.6. The van der Waals surface area contributed by atoms with Gasteiger partial charge in [-0.15, -0.1) is 4.91 Å². The molecule has 1 aliphatic rings. The Labute approximate surface area is 202 Å². The van der Waals surface area contributed by atoms with E-state index in [4.69, 9.17) is 4.74 Å². The molecule has 0 radical (unpaired) electrons. The van der Waals surface area contributed by atoms with Crippen molar-refractivity contribution in [2.24, 2.45) is 12.2 Å². The molecule has 0 atom stereocenters. The summed E-state index contributed by atoms with van der Waals surface area (Å²) in [6.45, 7) is 0.437. The first-order chi connectivity index (χ1) is 16.6. The van der Waals surface area contributed by atoms with Gasteiger partial charge in [-0.2, -0.15) is 9.29 Å². The molecule has 15 heteroatoms. The van der Waals surface area contributed by atoms with Crippen LogP contribution in [0.1, 0.15) is 12.8 Å². The van der Waals surface area contributed by atoms with Crippen molar-refractivity contribution in [3.05, 3.63) is 48.0 Å². The maximum atomic E-state index is 12.8. The second-order valence-corrected chi connectivity index (χ2v) is 11.9. The zero-order valence-corrected chi connectivity index (χ0v) is 20.5. The topological polar surface area (TPSA) is 166 Å². The third kappa shape index (κ3) is 5.47. The van der Waals surface area contributed by atoms with Crippen LogP contribution in [0.3, 0.4) is 0 Å². The van der Waals surface area contributed by atoms with Crippen LogP contribution >= 0.6 is 0 Å². The van der Waals surface area contributed by atoms with E-state index < -0.39 is 19.9 Å². The van der Waals surface area contributed by atoms with Gasteiger partial charge in [0.25, 0.3) is 10.0 Å². The first-order valence-electron chi connectivity index (χ1n) is 10.5. The summed E-state index contributed by atoms with van der Waals surface area (Å²) in [7, 11) is -5.35. The number of rotatable bonds is 8. The van der Waals surface area contributed by atoms with Crippen LogP contribution < -0.4 is 10.1 Å². The highest BCUT2D eigenvalue weighted by Gasteiger charge is 2.32. The van der Waals surface area contributed by atoms with E-state index in [1.54, 1.807) is 11.6 Å². The molecule has 3 heterocycles. The van der Waals surface area contributed by atoms with Crippen LogP contribution in [0, 0.1) is 4.91 Å². The highest BCUT2D eigenvalue weighted by atomic mass is 32.2. The molecule has 0 amide bonds. The fourth-order valence-electron chi connectivity index (χ4n) is 3.55. The molecule has 0 spiro atoms. The minimum absolute atomic E-state index is 0.0112. The number of piperidine rings is 1. The average Bonchev–Trinajstić information content (AvgIpc) is 3.27. The van der Waals surface area contributed by atoms with Crippen LogP contribution in [0.2, 0.25) is 0 Å². The predicted molar refractivity (Wildman–Crippen MR) is 126 cm³/mol. The number of sulfonamides is 1. The maximum Gasteiger partial charge on any atom is 0.262 e. The molecular weight excluding hydrogens is 498 g/mol. The molecule has 1 aromatic carbocycles. The number of nitroso groups, excluding NO2 is 1. The van der Waals surface area contributed by atoms with Crippen molar-refractivity contribution in [1.29, 1.82) is 0 Å². The number of nitrogens with zero attached hydrogens (tertiary/aromatic N) is 6. The number of anilines is 2. The van der Waals surface area contributed by atoms with E-state index in [2.05, 4.69) is 25.4 Å². The van der Waals surface area contributed by atoms with Crippen LogP contribution in [0.4, 0.5) is 17.2 Å². The van der Waals surface area contributed by atoms with Gasteiger partial charge in [-0.1, -0.05) is 0 Å². The quantitative estimate of drug-likeness (QED) is 0.433. The van der Waals surface area contributed by atoms with Crippen LogP contribution in [0.5, 0.6) is 5.88 Å². The molecule has 35 heavy (non-hydrogen) atoms. The van der Waals surface area contributed by atoms with Crippen LogP contribution in [-0.2, 0) is 26.9 Å². The number of nitrogens with one attached hydrogen (secondary N) is 1. The standard InChI is InChI=1S/C20H23N7O6S2/c1-26-11-17(23-13-26)35(31,32)27-9-7-15(8-10-27)33-20-18(25-28)19(21-12-22-20)24-14-3-5-16(6-4-14)34(2,29)30/h3-6,11-13,15H,7-10H2,1-2H3,(H,21,22,24). The van der Waals surface area contributed by atoms with E-state index in [1.165, 1.54) is 47.4 Å². The Morgan fingerprint density at radius 1 is 1.06 bits per heavy atom. The van der Waals surface area contributed by atoms with Crippen molar-refractivity contribution in [2.45, 2.75) is 28.9 Å². The molecular formula is C20H23N7O6S2. The first-order valence-corrected chi connectivity index (χ1v) is 13.8. The Balaban J connectivity index is 1.44. The van der Waals surface area contributed by atoms with E-state index in [0.717, 1.165) is 6.26 Å². The van der Waals surface area contributed by atoms with Gasteiger partial charge in [0.1, 0.15) is 12.4 Å². The number of hydrogen-bond acceptors (Lipinski definition) is 11. The summed E-state index contributed by atoms with van der Waals surface area (Å²) in [5, 5.41) is 5.91. The third-order valence-electron chi connectivity index (χ3n) is 5.39. The Morgan fingerprint density at radius 3 is 2.31 bits per heavy atom. The van der Waals surface area contributed by atoms with Crippen LogP contribution in [0.25, 0.3) is 0 Å². The van der Waals surface area contributed by atoms with Gasteiger partial charge in [-0.3, -0.25) is 0 Å². The molecule has 0 bridgehead atoms. The van der Waals surface area contributed by atoms with Crippen molar-refractivity contribution in [3.8, 4) is 5.88 Å². The van der Waals surface area contributed by atoms with E-state index >= 15 is 0 Å². The van der Waals surface area contributed by atoms with Gasteiger partial charge in [-0.25, -0.2) is 26.8 Å². The number of aromatic nitrogens is 4. The predicted octanol–water partition coefficient (Wildman–Crippen LogP) is 1.99. The number of sulfone groups is 1. The van der Waals surface area contributed by atoms with Gasteiger partial charge in [0.05, 0.1) is 11.2 Å². The van der Waals surface area contributed by atoms with Gasteiger partial charge in [-0.05, 0) is 42.3 Å². The summed E-state index contributed by atoms with van der Waals surface area (Å²) >= 11 is 0. The second kappa shape index (κ2) is 9.67. The van der Waals surface area contributed by atoms with Crippen molar-refractivity contribution >= 4 is 37.1 Å². The van der Waals surface area contributed by atoms with Gasteiger partial charge in [0.2, 0.25) is 11.6 Å². The molecule has 4 rings (SSSR count). The van der Waals surface area contributed by atoms with Gasteiger partial charge in [0.15, 0.2) is 20.7 Å². The molecule has 0 aliphatic carbocycles. The number of ether oxygens (including phenoxy) is 1. The molecule has 13 nitrogen and oxygen atoms in total. The Hall–Kier alpha value is -3.43. The summed E-state index contributed by atoms with van der Waals surface area (Å²) in [6.07, 6.45) is 5.56. The largest absolute Gasteiger partial charge is 0.472 e. The van der Waals surface area contributed by atoms with E-state index in [0.29, 0.717) is 18.5 Å². The summed E-state index contributed by atoms with van der Waals surface area (Å²) in [6, 6.07) is 5.92. The molecule has 0 saturated carbocycles. The Morgan fingerprint density at radius 2 is 1.74 bits per heavy atom. The number of benzene rings is 1. The summed E-state index contributed by atoms with van der Waals surface area (Å²) in [5.41, 5.74) is 0.336. The summed E-state index contributed by atoms with van der Waals surface area (Å²) in [5.74, 6) is 0.0589. The van der Waals surface area contributed by atoms with E-state index in [9.17, 15) is 21.7 Å². The lowest BCUT2D eigenvalue weighted by molar-refractivity contribution is 0.130. The molecule has 1 N–H and O–H groups in total. The molecule has 0 unspecified atom stereocenters.